The van der Waals surface area contributed by atoms with E-state index in [0.29, 0.717) is 17.3 Å². The minimum atomic E-state index is -5.08. The van der Waals surface area contributed by atoms with Crippen LogP contribution in [0.15, 0.2) is 53.4 Å². The summed E-state index contributed by atoms with van der Waals surface area (Å²) in [5, 5.41) is 10.5. The lowest BCUT2D eigenvalue weighted by atomic mass is 9.95. The van der Waals surface area contributed by atoms with E-state index in [9.17, 15) is 26.4 Å². The number of rotatable bonds is 6. The maximum absolute atomic E-state index is 12.4. The molecule has 0 bridgehead atoms. The summed E-state index contributed by atoms with van der Waals surface area (Å²) in [6, 6.07) is 12.9. The minimum absolute atomic E-state index is 0.0319. The third-order valence-corrected chi connectivity index (χ3v) is 6.23. The van der Waals surface area contributed by atoms with E-state index in [-0.39, 0.29) is 10.8 Å². The number of alkyl halides is 3. The highest BCUT2D eigenvalue weighted by Gasteiger charge is 2.50. The SMILES string of the molecule is CCNC(=O)C1(c2ccc(NS(=O)(=O)c3ccc(Cl)cc3)cc2)CC1.O=C(O)C(F)(F)F. The van der Waals surface area contributed by atoms with Gasteiger partial charge in [0.05, 0.1) is 10.3 Å². The Kier molecular flexibility index (Phi) is 7.79. The van der Waals surface area contributed by atoms with Gasteiger partial charge in [-0.3, -0.25) is 9.52 Å². The molecule has 0 unspecified atom stereocenters. The third kappa shape index (κ3) is 6.36. The average molecular weight is 493 g/mol. The highest BCUT2D eigenvalue weighted by molar-refractivity contribution is 7.92. The normalized spacial score (nSPS) is 14.5. The van der Waals surface area contributed by atoms with Crippen molar-refractivity contribution in [3.8, 4) is 0 Å². The van der Waals surface area contributed by atoms with Gasteiger partial charge in [0.15, 0.2) is 0 Å². The van der Waals surface area contributed by atoms with Crippen molar-refractivity contribution in [2.45, 2.75) is 36.3 Å². The van der Waals surface area contributed by atoms with Crippen LogP contribution in [-0.2, 0) is 25.0 Å². The van der Waals surface area contributed by atoms with Crippen molar-refractivity contribution < 1.29 is 36.3 Å². The van der Waals surface area contributed by atoms with Gasteiger partial charge in [0.25, 0.3) is 10.0 Å². The summed E-state index contributed by atoms with van der Waals surface area (Å²) in [7, 11) is -3.68. The lowest BCUT2D eigenvalue weighted by molar-refractivity contribution is -0.192. The number of carboxylic acids is 1. The fraction of sp³-hybridized carbons (Fsp3) is 0.300. The van der Waals surface area contributed by atoms with Crippen LogP contribution in [0.3, 0.4) is 0 Å². The standard InChI is InChI=1S/C18H19ClN2O3S.C2HF3O2/c1-2-20-17(22)18(11-12-18)13-3-7-15(8-4-13)21-25(23,24)16-9-5-14(19)6-10-16;3-2(4,5)1(6)7/h3-10,21H,2,11-12H2,1H3,(H,20,22);(H,6,7). The van der Waals surface area contributed by atoms with Gasteiger partial charge in [-0.2, -0.15) is 13.2 Å². The predicted octanol–water partition coefficient (Wildman–Crippen LogP) is 3.94. The maximum atomic E-state index is 12.4. The number of likely N-dealkylation sites (N-methyl/N-ethyl adjacent to an activating group) is 1. The topological polar surface area (TPSA) is 113 Å². The van der Waals surface area contributed by atoms with Gasteiger partial charge in [-0.1, -0.05) is 23.7 Å². The molecule has 1 aliphatic carbocycles. The van der Waals surface area contributed by atoms with Crippen molar-refractivity contribution in [2.75, 3.05) is 11.3 Å². The van der Waals surface area contributed by atoms with Gasteiger partial charge in [0, 0.05) is 17.3 Å². The van der Waals surface area contributed by atoms with Crippen LogP contribution in [0, 0.1) is 0 Å². The first-order valence-corrected chi connectivity index (χ1v) is 11.2. The summed E-state index contributed by atoms with van der Waals surface area (Å²) >= 11 is 5.79. The highest BCUT2D eigenvalue weighted by atomic mass is 35.5. The molecule has 3 N–H and O–H groups in total. The van der Waals surface area contributed by atoms with Crippen LogP contribution in [0.2, 0.25) is 5.02 Å². The number of carboxylic acid groups (broad SMARTS) is 1. The number of benzene rings is 2. The van der Waals surface area contributed by atoms with Crippen molar-refractivity contribution in [1.29, 1.82) is 0 Å². The molecule has 2 aromatic rings. The molecule has 2 aromatic carbocycles. The molecule has 1 aliphatic rings. The molecule has 32 heavy (non-hydrogen) atoms. The fourth-order valence-electron chi connectivity index (χ4n) is 2.79. The van der Waals surface area contributed by atoms with Crippen LogP contribution in [0.4, 0.5) is 18.9 Å². The Morgan fingerprint density at radius 1 is 1.06 bits per heavy atom. The molecule has 1 saturated carbocycles. The van der Waals surface area contributed by atoms with Crippen LogP contribution in [-0.4, -0.2) is 38.1 Å². The monoisotopic (exact) mass is 492 g/mol. The molecule has 0 spiro atoms. The van der Waals surface area contributed by atoms with Crippen molar-refractivity contribution >= 4 is 39.2 Å². The summed E-state index contributed by atoms with van der Waals surface area (Å²) in [5.74, 6) is -2.73. The zero-order valence-corrected chi connectivity index (χ0v) is 18.3. The van der Waals surface area contributed by atoms with Gasteiger partial charge in [0.1, 0.15) is 0 Å². The molecule has 0 radical (unpaired) electrons. The second kappa shape index (κ2) is 9.78. The Hall–Kier alpha value is -2.79. The first-order valence-electron chi connectivity index (χ1n) is 9.29. The average Bonchev–Trinajstić information content (AvgIpc) is 3.51. The summed E-state index contributed by atoms with van der Waals surface area (Å²) < 4.78 is 59.0. The van der Waals surface area contributed by atoms with E-state index >= 15 is 0 Å². The van der Waals surface area contributed by atoms with Crippen LogP contribution >= 0.6 is 11.6 Å². The molecule has 0 aromatic heterocycles. The smallest absolute Gasteiger partial charge is 0.475 e. The molecule has 0 aliphatic heterocycles. The molecule has 0 atom stereocenters. The molecule has 0 saturated heterocycles. The van der Waals surface area contributed by atoms with E-state index < -0.39 is 27.6 Å². The zero-order valence-electron chi connectivity index (χ0n) is 16.7. The van der Waals surface area contributed by atoms with Crippen LogP contribution < -0.4 is 10.0 Å². The molecule has 0 heterocycles. The number of sulfonamides is 1. The largest absolute Gasteiger partial charge is 0.490 e. The molecular weight excluding hydrogens is 473 g/mol. The molecule has 12 heteroatoms. The Bertz CT molecular complexity index is 1070. The molecule has 174 valence electrons. The first kappa shape index (κ1) is 25.5. The van der Waals surface area contributed by atoms with E-state index in [4.69, 9.17) is 21.5 Å². The quantitative estimate of drug-likeness (QED) is 0.565. The molecule has 1 fully saturated rings. The number of anilines is 1. The molecule has 1 amide bonds. The number of hydrogen-bond donors (Lipinski definition) is 3. The van der Waals surface area contributed by atoms with E-state index in [1.54, 1.807) is 12.1 Å². The van der Waals surface area contributed by atoms with Crippen molar-refractivity contribution in [1.82, 2.24) is 5.32 Å². The van der Waals surface area contributed by atoms with Crippen LogP contribution in [0.25, 0.3) is 0 Å². The number of amides is 1. The van der Waals surface area contributed by atoms with E-state index in [2.05, 4.69) is 10.0 Å². The van der Waals surface area contributed by atoms with Gasteiger partial charge in [0.2, 0.25) is 5.91 Å². The van der Waals surface area contributed by atoms with Crippen molar-refractivity contribution in [2.24, 2.45) is 0 Å². The van der Waals surface area contributed by atoms with Crippen molar-refractivity contribution in [3.63, 3.8) is 0 Å². The van der Waals surface area contributed by atoms with E-state index in [1.807, 2.05) is 19.1 Å². The molecular formula is C20H20ClF3N2O5S. The maximum Gasteiger partial charge on any atom is 0.490 e. The number of hydrogen-bond acceptors (Lipinski definition) is 4. The third-order valence-electron chi connectivity index (χ3n) is 4.58. The van der Waals surface area contributed by atoms with Crippen LogP contribution in [0.1, 0.15) is 25.3 Å². The summed E-state index contributed by atoms with van der Waals surface area (Å²) in [4.78, 5) is 21.3. The predicted molar refractivity (Wildman–Crippen MR) is 112 cm³/mol. The zero-order chi connectivity index (χ0) is 24.2. The summed E-state index contributed by atoms with van der Waals surface area (Å²) in [6.45, 7) is 2.49. The Morgan fingerprint density at radius 3 is 1.97 bits per heavy atom. The summed E-state index contributed by atoms with van der Waals surface area (Å²) in [6.07, 6.45) is -3.45. The lowest BCUT2D eigenvalue weighted by Crippen LogP contribution is -2.34. The number of halogens is 4. The Balaban J connectivity index is 0.000000451. The van der Waals surface area contributed by atoms with Gasteiger partial charge in [-0.15, -0.1) is 0 Å². The molecule has 7 nitrogen and oxygen atoms in total. The highest BCUT2D eigenvalue weighted by Crippen LogP contribution is 2.48. The summed E-state index contributed by atoms with van der Waals surface area (Å²) in [5.41, 5.74) is 0.905. The first-order chi connectivity index (χ1) is 14.8. The molecule has 3 rings (SSSR count). The van der Waals surface area contributed by atoms with Crippen molar-refractivity contribution in [3.05, 3.63) is 59.1 Å². The number of nitrogens with one attached hydrogen (secondary N) is 2. The number of carbonyl (C=O) groups excluding carboxylic acids is 1. The fourth-order valence-corrected chi connectivity index (χ4v) is 3.97. The van der Waals surface area contributed by atoms with Gasteiger partial charge >= 0.3 is 12.1 Å². The Labute approximate surface area is 187 Å². The lowest BCUT2D eigenvalue weighted by Gasteiger charge is -2.16. The van der Waals surface area contributed by atoms with Gasteiger partial charge in [-0.25, -0.2) is 13.2 Å². The van der Waals surface area contributed by atoms with Gasteiger partial charge in [-0.05, 0) is 61.7 Å². The van der Waals surface area contributed by atoms with Crippen LogP contribution in [0.5, 0.6) is 0 Å². The number of aliphatic carboxylic acids is 1. The second-order valence-electron chi connectivity index (χ2n) is 6.88. The second-order valence-corrected chi connectivity index (χ2v) is 9.00. The minimum Gasteiger partial charge on any atom is -0.475 e. The van der Waals surface area contributed by atoms with E-state index in [0.717, 1.165) is 18.4 Å². The Morgan fingerprint density at radius 2 is 1.56 bits per heavy atom. The number of carbonyl (C=O) groups is 2. The van der Waals surface area contributed by atoms with Gasteiger partial charge < -0.3 is 10.4 Å². The van der Waals surface area contributed by atoms with E-state index in [1.165, 1.54) is 24.3 Å².